The van der Waals surface area contributed by atoms with E-state index in [4.69, 9.17) is 4.74 Å². The third-order valence-corrected chi connectivity index (χ3v) is 2.98. The van der Waals surface area contributed by atoms with Crippen molar-refractivity contribution < 1.29 is 14.3 Å². The monoisotopic (exact) mass is 279 g/mol. The second kappa shape index (κ2) is 6.82. The van der Waals surface area contributed by atoms with Crippen LogP contribution >= 0.6 is 0 Å². The maximum atomic E-state index is 12.0. The molecule has 20 heavy (non-hydrogen) atoms. The van der Waals surface area contributed by atoms with Crippen LogP contribution in [0.3, 0.4) is 0 Å². The first kappa shape index (κ1) is 16.6. The van der Waals surface area contributed by atoms with Crippen molar-refractivity contribution in [2.45, 2.75) is 65.9 Å². The molecule has 1 aliphatic carbocycles. The van der Waals surface area contributed by atoms with E-state index in [-0.39, 0.29) is 11.7 Å². The first-order valence-electron chi connectivity index (χ1n) is 7.15. The van der Waals surface area contributed by atoms with Gasteiger partial charge in [0.15, 0.2) is 5.78 Å². The molecular weight excluding hydrogens is 254 g/mol. The quantitative estimate of drug-likeness (QED) is 0.715. The normalized spacial score (nSPS) is 21.4. The first-order valence-corrected chi connectivity index (χ1v) is 7.15. The Kier molecular flexibility index (Phi) is 5.66. The molecule has 0 spiro atoms. The molecule has 1 amide bonds. The van der Waals surface area contributed by atoms with Gasteiger partial charge in [0.1, 0.15) is 5.60 Å². The summed E-state index contributed by atoms with van der Waals surface area (Å²) in [4.78, 5) is 27.7. The number of ketones is 1. The second-order valence-corrected chi connectivity index (χ2v) is 6.58. The highest BCUT2D eigenvalue weighted by Gasteiger charge is 2.24. The van der Waals surface area contributed by atoms with Crippen LogP contribution in [0.15, 0.2) is 16.6 Å². The van der Waals surface area contributed by atoms with E-state index in [1.54, 1.807) is 6.08 Å². The number of rotatable bonds is 2. The molecule has 0 N–H and O–H groups in total. The van der Waals surface area contributed by atoms with Crippen LogP contribution in [-0.4, -0.2) is 23.2 Å². The van der Waals surface area contributed by atoms with Crippen molar-refractivity contribution in [1.82, 2.24) is 0 Å². The van der Waals surface area contributed by atoms with E-state index in [0.717, 1.165) is 30.5 Å². The molecule has 1 atom stereocenters. The Balaban J connectivity index is 2.67. The molecule has 4 heteroatoms. The minimum atomic E-state index is -0.553. The molecule has 1 fully saturated rings. The lowest BCUT2D eigenvalue weighted by atomic mass is 9.84. The Bertz CT molecular complexity index is 437. The largest absolute Gasteiger partial charge is 0.442 e. The molecule has 112 valence electrons. The average Bonchev–Trinajstić information content (AvgIpc) is 2.25. The van der Waals surface area contributed by atoms with E-state index < -0.39 is 11.7 Å². The van der Waals surface area contributed by atoms with Crippen LogP contribution in [0.2, 0.25) is 0 Å². The van der Waals surface area contributed by atoms with Crippen molar-refractivity contribution in [1.29, 1.82) is 0 Å². The van der Waals surface area contributed by atoms with Crippen molar-refractivity contribution >= 4 is 17.6 Å². The highest BCUT2D eigenvalue weighted by Crippen LogP contribution is 2.24. The number of aliphatic imine (C=N–C) groups is 1. The van der Waals surface area contributed by atoms with Crippen LogP contribution in [0.1, 0.15) is 60.3 Å². The van der Waals surface area contributed by atoms with Crippen LogP contribution in [0.5, 0.6) is 0 Å². The molecular formula is C16H25NO3. The van der Waals surface area contributed by atoms with E-state index in [0.29, 0.717) is 6.42 Å². The highest BCUT2D eigenvalue weighted by atomic mass is 16.6. The molecule has 1 saturated carbocycles. The maximum Gasteiger partial charge on any atom is 0.434 e. The zero-order chi connectivity index (χ0) is 15.3. The standard InChI is InChI=1S/C16H25NO3/c1-11(2)9-14(18)12-7-6-8-13(10-12)17-15(19)20-16(3,4)5/h9,12H,6-8,10H2,1-5H3/t12-/m0/s1. The molecule has 0 aromatic carbocycles. The molecule has 0 bridgehead atoms. The zero-order valence-corrected chi connectivity index (χ0v) is 13.2. The summed E-state index contributed by atoms with van der Waals surface area (Å²) in [6.07, 6.45) is 4.24. The van der Waals surface area contributed by atoms with Crippen LogP contribution < -0.4 is 0 Å². The van der Waals surface area contributed by atoms with Gasteiger partial charge in [-0.1, -0.05) is 5.57 Å². The Morgan fingerprint density at radius 1 is 1.30 bits per heavy atom. The summed E-state index contributed by atoms with van der Waals surface area (Å²) >= 11 is 0. The first-order chi connectivity index (χ1) is 9.17. The molecule has 1 aliphatic rings. The molecule has 1 rings (SSSR count). The van der Waals surface area contributed by atoms with Gasteiger partial charge in [-0.15, -0.1) is 0 Å². The van der Waals surface area contributed by atoms with Gasteiger partial charge in [-0.2, -0.15) is 4.99 Å². The Hall–Kier alpha value is -1.45. The summed E-state index contributed by atoms with van der Waals surface area (Å²) in [7, 11) is 0. The van der Waals surface area contributed by atoms with E-state index in [2.05, 4.69) is 4.99 Å². The predicted molar refractivity (Wildman–Crippen MR) is 80.1 cm³/mol. The summed E-state index contributed by atoms with van der Waals surface area (Å²) in [5.74, 6) is 0.0985. The molecule has 0 saturated heterocycles. The SMILES string of the molecule is CC(C)=CC(=O)[C@H]1CCCC(=NC(=O)OC(C)(C)C)C1. The van der Waals surface area contributed by atoms with Crippen LogP contribution in [0.4, 0.5) is 4.79 Å². The van der Waals surface area contributed by atoms with Gasteiger partial charge in [0.2, 0.25) is 0 Å². The van der Waals surface area contributed by atoms with Crippen LogP contribution in [-0.2, 0) is 9.53 Å². The lowest BCUT2D eigenvalue weighted by Gasteiger charge is -2.22. The minimum absolute atomic E-state index is 0.0418. The van der Waals surface area contributed by atoms with Crippen LogP contribution in [0, 0.1) is 5.92 Å². The van der Waals surface area contributed by atoms with Gasteiger partial charge >= 0.3 is 6.09 Å². The van der Waals surface area contributed by atoms with Crippen molar-refractivity contribution in [2.24, 2.45) is 10.9 Å². The van der Waals surface area contributed by atoms with Crippen molar-refractivity contribution in [2.75, 3.05) is 0 Å². The van der Waals surface area contributed by atoms with Gasteiger partial charge in [-0.25, -0.2) is 4.79 Å². The average molecular weight is 279 g/mol. The van der Waals surface area contributed by atoms with E-state index in [1.165, 1.54) is 0 Å². The molecule has 4 nitrogen and oxygen atoms in total. The smallest absolute Gasteiger partial charge is 0.434 e. The number of carbonyl (C=O) groups is 2. The number of ether oxygens (including phenoxy) is 1. The summed E-state index contributed by atoms with van der Waals surface area (Å²) in [6.45, 7) is 9.26. The summed E-state index contributed by atoms with van der Waals surface area (Å²) in [6, 6.07) is 0. The second-order valence-electron chi connectivity index (χ2n) is 6.58. The van der Waals surface area contributed by atoms with Crippen molar-refractivity contribution in [3.63, 3.8) is 0 Å². The van der Waals surface area contributed by atoms with Crippen molar-refractivity contribution in [3.05, 3.63) is 11.6 Å². The number of allylic oxidation sites excluding steroid dienone is 2. The minimum Gasteiger partial charge on any atom is -0.442 e. The lowest BCUT2D eigenvalue weighted by Crippen LogP contribution is -2.25. The molecule has 0 aromatic rings. The fraction of sp³-hybridized carbons (Fsp3) is 0.688. The third kappa shape index (κ3) is 6.13. The number of hydrogen-bond acceptors (Lipinski definition) is 3. The van der Waals surface area contributed by atoms with Crippen LogP contribution in [0.25, 0.3) is 0 Å². The van der Waals surface area contributed by atoms with Gasteiger partial charge < -0.3 is 4.74 Å². The fourth-order valence-corrected chi connectivity index (χ4v) is 2.20. The molecule has 0 heterocycles. The zero-order valence-electron chi connectivity index (χ0n) is 13.2. The Morgan fingerprint density at radius 2 is 1.95 bits per heavy atom. The van der Waals surface area contributed by atoms with Gasteiger partial charge in [-0.05, 0) is 66.4 Å². The molecule has 0 unspecified atom stereocenters. The number of amides is 1. The Labute approximate surface area is 121 Å². The van der Waals surface area contributed by atoms with E-state index >= 15 is 0 Å². The summed E-state index contributed by atoms with van der Waals surface area (Å²) in [5.41, 5.74) is 1.25. The van der Waals surface area contributed by atoms with E-state index in [1.807, 2.05) is 34.6 Å². The predicted octanol–water partition coefficient (Wildman–Crippen LogP) is 4.09. The third-order valence-electron chi connectivity index (χ3n) is 2.98. The molecule has 0 aromatic heterocycles. The fourth-order valence-electron chi connectivity index (χ4n) is 2.20. The maximum absolute atomic E-state index is 12.0. The van der Waals surface area contributed by atoms with E-state index in [9.17, 15) is 9.59 Å². The number of carbonyl (C=O) groups excluding carboxylic acids is 2. The summed E-state index contributed by atoms with van der Waals surface area (Å²) < 4.78 is 5.18. The number of hydrogen-bond donors (Lipinski definition) is 0. The Morgan fingerprint density at radius 3 is 2.50 bits per heavy atom. The lowest BCUT2D eigenvalue weighted by molar-refractivity contribution is -0.118. The topological polar surface area (TPSA) is 55.7 Å². The van der Waals surface area contributed by atoms with Crippen molar-refractivity contribution in [3.8, 4) is 0 Å². The summed E-state index contributed by atoms with van der Waals surface area (Å²) in [5, 5.41) is 0. The van der Waals surface area contributed by atoms with Gasteiger partial charge in [0, 0.05) is 11.6 Å². The number of nitrogens with zero attached hydrogens (tertiary/aromatic N) is 1. The highest BCUT2D eigenvalue weighted by molar-refractivity contribution is 6.00. The van der Waals surface area contributed by atoms with Gasteiger partial charge in [0.05, 0.1) is 0 Å². The van der Waals surface area contributed by atoms with Gasteiger partial charge in [-0.3, -0.25) is 4.79 Å². The van der Waals surface area contributed by atoms with Gasteiger partial charge in [0.25, 0.3) is 0 Å². The molecule has 0 radical (unpaired) electrons. The molecule has 0 aliphatic heterocycles.